The summed E-state index contributed by atoms with van der Waals surface area (Å²) in [4.78, 5) is 0.956. The molecule has 0 fully saturated rings. The Hall–Kier alpha value is -2.08. The second kappa shape index (κ2) is 5.50. The van der Waals surface area contributed by atoms with Gasteiger partial charge in [0.05, 0.1) is 18.9 Å². The van der Waals surface area contributed by atoms with Gasteiger partial charge in [0.15, 0.2) is 0 Å². The van der Waals surface area contributed by atoms with Gasteiger partial charge < -0.3 is 10.5 Å². The zero-order valence-electron chi connectivity index (χ0n) is 9.75. The third-order valence-electron chi connectivity index (χ3n) is 2.23. The fraction of sp³-hybridized carbons (Fsp3) is 0.0833. The van der Waals surface area contributed by atoms with E-state index in [0.29, 0.717) is 10.6 Å². The summed E-state index contributed by atoms with van der Waals surface area (Å²) < 4.78 is 5.15. The zero-order chi connectivity index (χ0) is 13.0. The van der Waals surface area contributed by atoms with E-state index in [4.69, 9.17) is 15.9 Å². The third kappa shape index (κ3) is 2.78. The Balaban J connectivity index is 2.31. The van der Waals surface area contributed by atoms with Crippen LogP contribution in [0.4, 0.5) is 0 Å². The van der Waals surface area contributed by atoms with Crippen molar-refractivity contribution in [3.63, 3.8) is 0 Å². The lowest BCUT2D eigenvalue weighted by Gasteiger charge is -2.06. The smallest absolute Gasteiger partial charge is 0.134 e. The molecule has 2 aromatic rings. The molecule has 3 N–H and O–H groups in total. The Morgan fingerprint density at radius 1 is 1.39 bits per heavy atom. The van der Waals surface area contributed by atoms with Crippen molar-refractivity contribution in [2.75, 3.05) is 7.11 Å². The topological polar surface area (TPSA) is 84.9 Å². The van der Waals surface area contributed by atoms with E-state index < -0.39 is 0 Å². The quantitative estimate of drug-likeness (QED) is 0.648. The van der Waals surface area contributed by atoms with Gasteiger partial charge in [-0.05, 0) is 24.3 Å². The summed E-state index contributed by atoms with van der Waals surface area (Å²) in [6, 6.07) is 9.27. The average Bonchev–Trinajstić information content (AvgIpc) is 2.39. The van der Waals surface area contributed by atoms with Crippen molar-refractivity contribution >= 4 is 17.6 Å². The number of nitrogens with one attached hydrogen (secondary N) is 1. The largest absolute Gasteiger partial charge is 0.497 e. The van der Waals surface area contributed by atoms with Crippen molar-refractivity contribution < 1.29 is 4.74 Å². The maximum absolute atomic E-state index is 7.49. The summed E-state index contributed by atoms with van der Waals surface area (Å²) in [6.45, 7) is 0. The Morgan fingerprint density at radius 2 is 2.22 bits per heavy atom. The average molecular weight is 260 g/mol. The van der Waals surface area contributed by atoms with Crippen LogP contribution >= 0.6 is 11.8 Å². The number of methoxy groups -OCH3 is 1. The summed E-state index contributed by atoms with van der Waals surface area (Å²) in [5.74, 6) is 0.753. The van der Waals surface area contributed by atoms with Gasteiger partial charge >= 0.3 is 0 Å². The molecule has 1 aromatic heterocycles. The number of aromatic nitrogens is 2. The van der Waals surface area contributed by atoms with Gasteiger partial charge in [-0.2, -0.15) is 5.10 Å². The number of benzene rings is 1. The second-order valence-corrected chi connectivity index (χ2v) is 4.51. The Kier molecular flexibility index (Phi) is 3.78. The van der Waals surface area contributed by atoms with E-state index in [9.17, 15) is 0 Å². The van der Waals surface area contributed by atoms with Gasteiger partial charge in [0, 0.05) is 4.90 Å². The first-order valence-corrected chi connectivity index (χ1v) is 6.00. The fourth-order valence-electron chi connectivity index (χ4n) is 1.38. The Bertz CT molecular complexity index is 574. The summed E-state index contributed by atoms with van der Waals surface area (Å²) in [6.07, 6.45) is 1.52. The Labute approximate surface area is 109 Å². The first-order chi connectivity index (χ1) is 8.70. The molecule has 2 rings (SSSR count). The lowest BCUT2D eigenvalue weighted by atomic mass is 10.3. The summed E-state index contributed by atoms with van der Waals surface area (Å²) in [7, 11) is 1.62. The molecular formula is C12H12N4OS. The van der Waals surface area contributed by atoms with E-state index in [-0.39, 0.29) is 5.84 Å². The number of amidine groups is 1. The van der Waals surface area contributed by atoms with E-state index in [1.54, 1.807) is 13.2 Å². The maximum atomic E-state index is 7.49. The number of nitrogens with zero attached hydrogens (tertiary/aromatic N) is 2. The number of ether oxygens (including phenoxy) is 1. The van der Waals surface area contributed by atoms with E-state index >= 15 is 0 Å². The highest BCUT2D eigenvalue weighted by Crippen LogP contribution is 2.30. The molecule has 5 nitrogen and oxygen atoms in total. The SMILES string of the molecule is COc1cccc(Sc2nnccc2C(=N)N)c1. The minimum absolute atomic E-state index is 0.0182. The molecule has 92 valence electrons. The minimum atomic E-state index is -0.0182. The van der Waals surface area contributed by atoms with Crippen molar-refractivity contribution in [3.05, 3.63) is 42.1 Å². The lowest BCUT2D eigenvalue weighted by Crippen LogP contribution is -2.13. The minimum Gasteiger partial charge on any atom is -0.497 e. The van der Waals surface area contributed by atoms with Gasteiger partial charge in [-0.1, -0.05) is 17.8 Å². The maximum Gasteiger partial charge on any atom is 0.134 e. The van der Waals surface area contributed by atoms with Gasteiger partial charge in [-0.25, -0.2) is 0 Å². The number of hydrogen-bond acceptors (Lipinski definition) is 5. The molecule has 0 saturated carbocycles. The zero-order valence-corrected chi connectivity index (χ0v) is 10.6. The van der Waals surface area contributed by atoms with Crippen LogP contribution in [0.3, 0.4) is 0 Å². The molecule has 6 heteroatoms. The van der Waals surface area contributed by atoms with E-state index in [1.165, 1.54) is 18.0 Å². The van der Waals surface area contributed by atoms with E-state index in [0.717, 1.165) is 10.6 Å². The van der Waals surface area contributed by atoms with Crippen LogP contribution < -0.4 is 10.5 Å². The van der Waals surface area contributed by atoms with Crippen LogP contribution in [0.2, 0.25) is 0 Å². The summed E-state index contributed by atoms with van der Waals surface area (Å²) in [5.41, 5.74) is 6.08. The van der Waals surface area contributed by atoms with Crippen molar-refractivity contribution in [1.29, 1.82) is 5.41 Å². The van der Waals surface area contributed by atoms with Crippen LogP contribution in [0.5, 0.6) is 5.75 Å². The molecule has 0 radical (unpaired) electrons. The second-order valence-electron chi connectivity index (χ2n) is 3.44. The lowest BCUT2D eigenvalue weighted by molar-refractivity contribution is 0.413. The third-order valence-corrected chi connectivity index (χ3v) is 3.22. The highest BCUT2D eigenvalue weighted by atomic mass is 32.2. The highest BCUT2D eigenvalue weighted by Gasteiger charge is 2.09. The number of hydrogen-bond donors (Lipinski definition) is 2. The monoisotopic (exact) mass is 260 g/mol. The van der Waals surface area contributed by atoms with Gasteiger partial charge in [-0.15, -0.1) is 5.10 Å². The molecule has 1 heterocycles. The van der Waals surface area contributed by atoms with Crippen molar-refractivity contribution in [1.82, 2.24) is 10.2 Å². The fourth-order valence-corrected chi connectivity index (χ4v) is 2.30. The first kappa shape index (κ1) is 12.4. The molecule has 0 spiro atoms. The van der Waals surface area contributed by atoms with Crippen molar-refractivity contribution in [2.24, 2.45) is 5.73 Å². The highest BCUT2D eigenvalue weighted by molar-refractivity contribution is 7.99. The molecule has 0 aliphatic heterocycles. The van der Waals surface area contributed by atoms with E-state index in [2.05, 4.69) is 10.2 Å². The van der Waals surface area contributed by atoms with E-state index in [1.807, 2.05) is 24.3 Å². The van der Waals surface area contributed by atoms with Crippen molar-refractivity contribution in [2.45, 2.75) is 9.92 Å². The predicted molar refractivity (Wildman–Crippen MR) is 70.2 cm³/mol. The molecule has 0 amide bonds. The van der Waals surface area contributed by atoms with Crippen LogP contribution in [0.1, 0.15) is 5.56 Å². The normalized spacial score (nSPS) is 10.1. The van der Waals surface area contributed by atoms with Crippen LogP contribution in [-0.2, 0) is 0 Å². The molecule has 18 heavy (non-hydrogen) atoms. The molecule has 0 unspecified atom stereocenters. The van der Waals surface area contributed by atoms with Crippen LogP contribution in [-0.4, -0.2) is 23.1 Å². The first-order valence-electron chi connectivity index (χ1n) is 5.18. The number of nitrogens with two attached hydrogens (primary N) is 1. The van der Waals surface area contributed by atoms with Crippen LogP contribution in [0.15, 0.2) is 46.5 Å². The molecule has 0 aliphatic rings. The molecular weight excluding hydrogens is 248 g/mol. The summed E-state index contributed by atoms with van der Waals surface area (Å²) >= 11 is 1.40. The number of nitrogen functional groups attached to an aromatic ring is 1. The molecule has 0 bridgehead atoms. The van der Waals surface area contributed by atoms with Gasteiger partial charge in [-0.3, -0.25) is 5.41 Å². The molecule has 0 atom stereocenters. The molecule has 0 aliphatic carbocycles. The number of rotatable bonds is 4. The molecule has 1 aromatic carbocycles. The summed E-state index contributed by atoms with van der Waals surface area (Å²) in [5, 5.41) is 15.9. The van der Waals surface area contributed by atoms with Crippen molar-refractivity contribution in [3.8, 4) is 5.75 Å². The molecule has 0 saturated heterocycles. The van der Waals surface area contributed by atoms with Gasteiger partial charge in [0.2, 0.25) is 0 Å². The Morgan fingerprint density at radius 3 is 2.94 bits per heavy atom. The van der Waals surface area contributed by atoms with Crippen LogP contribution in [0, 0.1) is 5.41 Å². The predicted octanol–water partition coefficient (Wildman–Crippen LogP) is 1.92. The van der Waals surface area contributed by atoms with Crippen LogP contribution in [0.25, 0.3) is 0 Å². The van der Waals surface area contributed by atoms with Gasteiger partial charge in [0.25, 0.3) is 0 Å². The standard InChI is InChI=1S/C12H12N4OS/c1-17-8-3-2-4-9(7-8)18-12-10(11(13)14)5-6-15-16-12/h2-7H,1H3,(H3,13,14). The van der Waals surface area contributed by atoms with Gasteiger partial charge in [0.1, 0.15) is 16.6 Å².